The molecule has 0 bridgehead atoms. The van der Waals surface area contributed by atoms with Gasteiger partial charge in [0.2, 0.25) is 11.8 Å². The van der Waals surface area contributed by atoms with Crippen LogP contribution in [-0.2, 0) is 9.59 Å². The molecule has 122 valence electrons. The zero-order chi connectivity index (χ0) is 16.2. The largest absolute Gasteiger partial charge is 0.352 e. The van der Waals surface area contributed by atoms with Crippen LogP contribution in [0.4, 0.5) is 0 Å². The number of rotatable bonds is 3. The third kappa shape index (κ3) is 3.41. The number of nitrogens with one attached hydrogen (secondary N) is 1. The Morgan fingerprint density at radius 1 is 1.39 bits per heavy atom. The fourth-order valence-corrected chi connectivity index (χ4v) is 4.17. The van der Waals surface area contributed by atoms with E-state index in [1.54, 1.807) is 4.90 Å². The Balaban J connectivity index is 1.70. The number of likely N-dealkylation sites (tertiary alicyclic amines) is 1. The highest BCUT2D eigenvalue weighted by Crippen LogP contribution is 2.30. The van der Waals surface area contributed by atoms with Gasteiger partial charge in [0.15, 0.2) is 0 Å². The summed E-state index contributed by atoms with van der Waals surface area (Å²) >= 11 is 1.52. The summed E-state index contributed by atoms with van der Waals surface area (Å²) < 4.78 is 0. The van der Waals surface area contributed by atoms with Crippen molar-refractivity contribution in [3.63, 3.8) is 0 Å². The topological polar surface area (TPSA) is 52.7 Å². The van der Waals surface area contributed by atoms with E-state index in [9.17, 15) is 9.59 Å². The minimum atomic E-state index is -0.472. The first kappa shape index (κ1) is 16.0. The number of hydrogen-bond donors (Lipinski definition) is 1. The average molecular weight is 331 g/mol. The van der Waals surface area contributed by atoms with Gasteiger partial charge in [0.1, 0.15) is 6.04 Å². The summed E-state index contributed by atoms with van der Waals surface area (Å²) in [7, 11) is 0. The Labute approximate surface area is 140 Å². The Kier molecular flexibility index (Phi) is 4.99. The summed E-state index contributed by atoms with van der Waals surface area (Å²) in [4.78, 5) is 30.2. The first-order chi connectivity index (χ1) is 11.2. The van der Waals surface area contributed by atoms with Gasteiger partial charge in [0.25, 0.3) is 0 Å². The maximum absolute atomic E-state index is 13.0. The summed E-state index contributed by atoms with van der Waals surface area (Å²) in [5.74, 6) is 2.69. The highest BCUT2D eigenvalue weighted by Gasteiger charge is 2.38. The van der Waals surface area contributed by atoms with E-state index in [4.69, 9.17) is 6.42 Å². The molecule has 3 rings (SSSR count). The van der Waals surface area contributed by atoms with Crippen LogP contribution in [0, 0.1) is 18.3 Å². The van der Waals surface area contributed by atoms with E-state index in [0.717, 1.165) is 30.8 Å². The van der Waals surface area contributed by atoms with Crippen molar-refractivity contribution in [2.45, 2.75) is 18.9 Å². The standard InChI is InChI=1S/C17H21N3O2S/c1-2-8-19-9-5-13(6-10-19)17(22)20-11-7-18-16(21)15(20)14-4-3-12-23-14/h1,3-4,12-13,15H,5-11H2,(H,18,21)/t15-/m1/s1. The summed E-state index contributed by atoms with van der Waals surface area (Å²) in [6, 6.07) is 3.37. The normalized spacial score (nSPS) is 23.3. The van der Waals surface area contributed by atoms with E-state index in [2.05, 4.69) is 16.1 Å². The van der Waals surface area contributed by atoms with Crippen LogP contribution in [0.1, 0.15) is 23.8 Å². The molecule has 3 heterocycles. The molecule has 2 aliphatic heterocycles. The quantitative estimate of drug-likeness (QED) is 0.844. The van der Waals surface area contributed by atoms with E-state index in [1.807, 2.05) is 17.5 Å². The first-order valence-electron chi connectivity index (χ1n) is 7.98. The second-order valence-corrected chi connectivity index (χ2v) is 6.97. The SMILES string of the molecule is C#CCN1CCC(C(=O)N2CCNC(=O)[C@H]2c2cccs2)CC1. The molecule has 1 aromatic rings. The number of terminal acetylenes is 1. The fourth-order valence-electron chi connectivity index (χ4n) is 3.34. The van der Waals surface area contributed by atoms with Crippen LogP contribution in [0.15, 0.2) is 17.5 Å². The number of nitrogens with zero attached hydrogens (tertiary/aromatic N) is 2. The molecule has 1 N–H and O–H groups in total. The molecule has 2 aliphatic rings. The van der Waals surface area contributed by atoms with Crippen LogP contribution in [0.25, 0.3) is 0 Å². The number of piperazine rings is 1. The third-order valence-corrected chi connectivity index (χ3v) is 5.48. The number of thiophene rings is 1. The Morgan fingerprint density at radius 3 is 2.83 bits per heavy atom. The minimum absolute atomic E-state index is 0.00242. The van der Waals surface area contributed by atoms with Gasteiger partial charge in [-0.1, -0.05) is 12.0 Å². The number of piperidine rings is 1. The highest BCUT2D eigenvalue weighted by atomic mass is 32.1. The van der Waals surface area contributed by atoms with Crippen LogP contribution in [-0.4, -0.2) is 54.3 Å². The minimum Gasteiger partial charge on any atom is -0.352 e. The van der Waals surface area contributed by atoms with E-state index < -0.39 is 6.04 Å². The van der Waals surface area contributed by atoms with Crippen molar-refractivity contribution in [2.75, 3.05) is 32.7 Å². The van der Waals surface area contributed by atoms with Crippen molar-refractivity contribution in [1.82, 2.24) is 15.1 Å². The molecular weight excluding hydrogens is 310 g/mol. The highest BCUT2D eigenvalue weighted by molar-refractivity contribution is 7.10. The van der Waals surface area contributed by atoms with Crippen molar-refractivity contribution in [1.29, 1.82) is 0 Å². The van der Waals surface area contributed by atoms with E-state index in [1.165, 1.54) is 11.3 Å². The number of hydrogen-bond acceptors (Lipinski definition) is 4. The lowest BCUT2D eigenvalue weighted by atomic mass is 9.94. The van der Waals surface area contributed by atoms with E-state index >= 15 is 0 Å². The molecule has 1 atom stereocenters. The maximum Gasteiger partial charge on any atom is 0.248 e. The molecule has 2 fully saturated rings. The van der Waals surface area contributed by atoms with Crippen molar-refractivity contribution >= 4 is 23.2 Å². The predicted molar refractivity (Wildman–Crippen MR) is 89.8 cm³/mol. The maximum atomic E-state index is 13.0. The van der Waals surface area contributed by atoms with Gasteiger partial charge in [-0.05, 0) is 37.4 Å². The predicted octanol–water partition coefficient (Wildman–Crippen LogP) is 1.09. The lowest BCUT2D eigenvalue weighted by molar-refractivity contribution is -0.147. The van der Waals surface area contributed by atoms with Crippen molar-refractivity contribution in [3.8, 4) is 12.3 Å². The molecule has 0 radical (unpaired) electrons. The average Bonchev–Trinajstić information content (AvgIpc) is 3.09. The number of carbonyl (C=O) groups excluding carboxylic acids is 2. The Hall–Kier alpha value is -1.84. The van der Waals surface area contributed by atoms with Crippen LogP contribution < -0.4 is 5.32 Å². The van der Waals surface area contributed by atoms with Crippen molar-refractivity contribution in [3.05, 3.63) is 22.4 Å². The smallest absolute Gasteiger partial charge is 0.248 e. The lowest BCUT2D eigenvalue weighted by Crippen LogP contribution is -2.54. The molecule has 0 spiro atoms. The Morgan fingerprint density at radius 2 is 2.17 bits per heavy atom. The summed E-state index contributed by atoms with van der Waals surface area (Å²) in [6.07, 6.45) is 6.98. The van der Waals surface area contributed by atoms with Crippen LogP contribution >= 0.6 is 11.3 Å². The van der Waals surface area contributed by atoms with Gasteiger partial charge in [-0.25, -0.2) is 0 Å². The molecule has 0 saturated carbocycles. The van der Waals surface area contributed by atoms with Crippen LogP contribution in [0.2, 0.25) is 0 Å². The fraction of sp³-hybridized carbons (Fsp3) is 0.529. The van der Waals surface area contributed by atoms with Gasteiger partial charge in [0, 0.05) is 23.9 Å². The van der Waals surface area contributed by atoms with Crippen molar-refractivity contribution in [2.24, 2.45) is 5.92 Å². The zero-order valence-corrected chi connectivity index (χ0v) is 13.8. The number of amides is 2. The lowest BCUT2D eigenvalue weighted by Gasteiger charge is -2.38. The molecule has 0 unspecified atom stereocenters. The molecule has 2 saturated heterocycles. The monoisotopic (exact) mass is 331 g/mol. The summed E-state index contributed by atoms with van der Waals surface area (Å²) in [5.41, 5.74) is 0. The van der Waals surface area contributed by atoms with Crippen LogP contribution in [0.5, 0.6) is 0 Å². The second kappa shape index (κ2) is 7.16. The van der Waals surface area contributed by atoms with Gasteiger partial charge in [-0.15, -0.1) is 17.8 Å². The molecule has 0 aliphatic carbocycles. The second-order valence-electron chi connectivity index (χ2n) is 6.00. The molecule has 2 amide bonds. The van der Waals surface area contributed by atoms with Crippen molar-refractivity contribution < 1.29 is 9.59 Å². The van der Waals surface area contributed by atoms with Crippen LogP contribution in [0.3, 0.4) is 0 Å². The third-order valence-electron chi connectivity index (χ3n) is 4.56. The summed E-state index contributed by atoms with van der Waals surface area (Å²) in [5, 5.41) is 4.82. The molecule has 1 aromatic heterocycles. The van der Waals surface area contributed by atoms with Gasteiger partial charge in [0.05, 0.1) is 6.54 Å². The summed E-state index contributed by atoms with van der Waals surface area (Å²) in [6.45, 7) is 3.46. The van der Waals surface area contributed by atoms with Gasteiger partial charge in [-0.3, -0.25) is 14.5 Å². The van der Waals surface area contributed by atoms with Gasteiger partial charge in [-0.2, -0.15) is 0 Å². The molecule has 5 nitrogen and oxygen atoms in total. The molecule has 6 heteroatoms. The molecular formula is C17H21N3O2S. The van der Waals surface area contributed by atoms with E-state index in [0.29, 0.717) is 19.6 Å². The first-order valence-corrected chi connectivity index (χ1v) is 8.86. The Bertz CT molecular complexity index is 600. The number of carbonyl (C=O) groups is 2. The molecule has 0 aromatic carbocycles. The van der Waals surface area contributed by atoms with E-state index in [-0.39, 0.29) is 17.7 Å². The van der Waals surface area contributed by atoms with Gasteiger partial charge >= 0.3 is 0 Å². The molecule has 23 heavy (non-hydrogen) atoms. The van der Waals surface area contributed by atoms with Gasteiger partial charge < -0.3 is 10.2 Å². The zero-order valence-electron chi connectivity index (χ0n) is 13.0.